The Kier molecular flexibility index (Phi) is 9.52. The fourth-order valence-corrected chi connectivity index (χ4v) is 8.54. The van der Waals surface area contributed by atoms with Crippen LogP contribution in [0.3, 0.4) is 0 Å². The van der Waals surface area contributed by atoms with Crippen LogP contribution >= 0.6 is 0 Å². The lowest BCUT2D eigenvalue weighted by molar-refractivity contribution is -0.341. The Balaban J connectivity index is 2.34. The van der Waals surface area contributed by atoms with E-state index in [4.69, 9.17) is 23.4 Å². The van der Waals surface area contributed by atoms with Crippen molar-refractivity contribution in [1.29, 1.82) is 0 Å². The van der Waals surface area contributed by atoms with Crippen LogP contribution in [0.25, 0.3) is 0 Å². The molecule has 2 heterocycles. The number of esters is 2. The van der Waals surface area contributed by atoms with E-state index in [1.807, 2.05) is 27.7 Å². The maximum absolute atomic E-state index is 12.6. The molecule has 2 saturated heterocycles. The normalized spacial score (nSPS) is 32.3. The SMILES string of the molecule is CC[Si](CC)(CC)O[C@@]1(C)C[C@H](C=O)O[C@]2(C[C@@H](OC(C)=O)C[C@H](CC(=O)OC(C)(C)C)O2)C1. The van der Waals surface area contributed by atoms with Crippen molar-refractivity contribution in [2.24, 2.45) is 0 Å². The van der Waals surface area contributed by atoms with E-state index in [1.54, 1.807) is 0 Å². The van der Waals surface area contributed by atoms with Gasteiger partial charge in [0.15, 0.2) is 14.1 Å². The second kappa shape index (κ2) is 11.2. The lowest BCUT2D eigenvalue weighted by Crippen LogP contribution is -2.61. The van der Waals surface area contributed by atoms with Gasteiger partial charge < -0.3 is 28.2 Å². The molecule has 0 aromatic heterocycles. The number of rotatable bonds is 9. The van der Waals surface area contributed by atoms with E-state index < -0.39 is 55.6 Å². The number of hydrogen-bond donors (Lipinski definition) is 0. The molecule has 2 aliphatic heterocycles. The Labute approximate surface area is 205 Å². The van der Waals surface area contributed by atoms with E-state index in [1.165, 1.54) is 6.92 Å². The first-order valence-corrected chi connectivity index (χ1v) is 15.1. The van der Waals surface area contributed by atoms with Gasteiger partial charge in [-0.25, -0.2) is 0 Å². The van der Waals surface area contributed by atoms with Crippen molar-refractivity contribution < 1.29 is 37.8 Å². The summed E-state index contributed by atoms with van der Waals surface area (Å²) >= 11 is 0. The first-order chi connectivity index (χ1) is 15.7. The molecule has 0 unspecified atom stereocenters. The van der Waals surface area contributed by atoms with Gasteiger partial charge in [-0.05, 0) is 45.8 Å². The van der Waals surface area contributed by atoms with Gasteiger partial charge in [-0.2, -0.15) is 0 Å². The van der Waals surface area contributed by atoms with Crippen LogP contribution in [-0.4, -0.2) is 61.8 Å². The number of carbonyl (C=O) groups excluding carboxylic acids is 3. The summed E-state index contributed by atoms with van der Waals surface area (Å²) in [6.07, 6.45) is 0.455. The summed E-state index contributed by atoms with van der Waals surface area (Å²) in [5.41, 5.74) is -1.25. The highest BCUT2D eigenvalue weighted by molar-refractivity contribution is 6.73. The highest BCUT2D eigenvalue weighted by Gasteiger charge is 2.55. The van der Waals surface area contributed by atoms with Crippen molar-refractivity contribution in [2.45, 2.75) is 141 Å². The molecule has 0 bridgehead atoms. The van der Waals surface area contributed by atoms with E-state index in [0.717, 1.165) is 24.4 Å². The molecular formula is C25H44O8Si. The van der Waals surface area contributed by atoms with Gasteiger partial charge in [0, 0.05) is 32.6 Å². The average Bonchev–Trinajstić information content (AvgIpc) is 2.69. The molecule has 2 fully saturated rings. The minimum absolute atomic E-state index is 0.00103. The molecule has 0 aliphatic carbocycles. The molecule has 8 nitrogen and oxygen atoms in total. The summed E-state index contributed by atoms with van der Waals surface area (Å²) in [4.78, 5) is 36.3. The third-order valence-corrected chi connectivity index (χ3v) is 11.6. The highest BCUT2D eigenvalue weighted by Crippen LogP contribution is 2.47. The van der Waals surface area contributed by atoms with Crippen LogP contribution < -0.4 is 0 Å². The number of aldehydes is 1. The third-order valence-electron chi connectivity index (χ3n) is 6.78. The Morgan fingerprint density at radius 3 is 2.21 bits per heavy atom. The molecule has 1 spiro atoms. The van der Waals surface area contributed by atoms with Gasteiger partial charge in [0.2, 0.25) is 0 Å². The molecule has 0 saturated carbocycles. The Hall–Kier alpha value is -1.29. The van der Waals surface area contributed by atoms with E-state index in [-0.39, 0.29) is 12.8 Å². The van der Waals surface area contributed by atoms with Gasteiger partial charge in [-0.15, -0.1) is 0 Å². The molecule has 0 aromatic rings. The van der Waals surface area contributed by atoms with Crippen molar-refractivity contribution >= 4 is 26.5 Å². The topological polar surface area (TPSA) is 97.4 Å². The molecule has 0 N–H and O–H groups in total. The van der Waals surface area contributed by atoms with Crippen LogP contribution in [0.4, 0.5) is 0 Å². The maximum Gasteiger partial charge on any atom is 0.308 e. The smallest absolute Gasteiger partial charge is 0.308 e. The van der Waals surface area contributed by atoms with E-state index in [2.05, 4.69) is 20.8 Å². The lowest BCUT2D eigenvalue weighted by Gasteiger charge is -2.54. The van der Waals surface area contributed by atoms with Crippen LogP contribution in [0.1, 0.15) is 87.5 Å². The van der Waals surface area contributed by atoms with Gasteiger partial charge in [0.1, 0.15) is 24.1 Å². The zero-order chi connectivity index (χ0) is 25.8. The van der Waals surface area contributed by atoms with Gasteiger partial charge in [0.05, 0.1) is 18.1 Å². The highest BCUT2D eigenvalue weighted by atomic mass is 28.4. The Morgan fingerprint density at radius 1 is 1.09 bits per heavy atom. The predicted octanol–water partition coefficient (Wildman–Crippen LogP) is 4.68. The maximum atomic E-state index is 12.6. The monoisotopic (exact) mass is 500 g/mol. The summed E-state index contributed by atoms with van der Waals surface area (Å²) in [7, 11) is -2.00. The second-order valence-corrected chi connectivity index (χ2v) is 15.8. The van der Waals surface area contributed by atoms with Crippen molar-refractivity contribution in [3.63, 3.8) is 0 Å². The second-order valence-electron chi connectivity index (χ2n) is 11.1. The quantitative estimate of drug-likeness (QED) is 0.256. The summed E-state index contributed by atoms with van der Waals surface area (Å²) in [6, 6.07) is 2.94. The molecule has 0 radical (unpaired) electrons. The zero-order valence-corrected chi connectivity index (χ0v) is 23.2. The summed E-state index contributed by atoms with van der Waals surface area (Å²) < 4.78 is 30.6. The fraction of sp³-hybridized carbons (Fsp3) is 0.880. The standard InChI is InChI=1S/C25H44O8Si/c1-9-34(10-2,11-3)33-24(8)14-21(16-26)31-25(17-24)15-20(29-18(4)27)12-19(30-25)13-22(28)32-23(5,6)7/h16,19-21H,9-15,17H2,1-8H3/t19-,20+,21-,24+,25-/m1/s1. The van der Waals surface area contributed by atoms with Gasteiger partial charge >= 0.3 is 11.9 Å². The van der Waals surface area contributed by atoms with Crippen LogP contribution in [0.15, 0.2) is 0 Å². The molecule has 0 amide bonds. The summed E-state index contributed by atoms with van der Waals surface area (Å²) in [6.45, 7) is 15.3. The molecule has 9 heteroatoms. The molecule has 196 valence electrons. The minimum Gasteiger partial charge on any atom is -0.462 e. The molecule has 5 atom stereocenters. The van der Waals surface area contributed by atoms with Gasteiger partial charge in [0.25, 0.3) is 0 Å². The summed E-state index contributed by atoms with van der Waals surface area (Å²) in [5.74, 6) is -2.00. The number of hydrogen-bond acceptors (Lipinski definition) is 8. The van der Waals surface area contributed by atoms with E-state index in [9.17, 15) is 14.4 Å². The first-order valence-electron chi connectivity index (χ1n) is 12.6. The predicted molar refractivity (Wildman–Crippen MR) is 130 cm³/mol. The molecular weight excluding hydrogens is 456 g/mol. The number of ether oxygens (including phenoxy) is 4. The Morgan fingerprint density at radius 2 is 1.71 bits per heavy atom. The van der Waals surface area contributed by atoms with Crippen molar-refractivity contribution in [3.05, 3.63) is 0 Å². The van der Waals surface area contributed by atoms with Crippen LogP contribution in [0, 0.1) is 0 Å². The first kappa shape index (κ1) is 28.9. The number of carbonyl (C=O) groups is 3. The van der Waals surface area contributed by atoms with Gasteiger partial charge in [-0.3, -0.25) is 9.59 Å². The zero-order valence-electron chi connectivity index (χ0n) is 22.2. The molecule has 34 heavy (non-hydrogen) atoms. The molecule has 2 rings (SSSR count). The van der Waals surface area contributed by atoms with E-state index >= 15 is 0 Å². The largest absolute Gasteiger partial charge is 0.462 e. The Bertz CT molecular complexity index is 723. The van der Waals surface area contributed by atoms with Crippen molar-refractivity contribution in [2.75, 3.05) is 0 Å². The van der Waals surface area contributed by atoms with Crippen LogP contribution in [-0.2, 0) is 37.8 Å². The van der Waals surface area contributed by atoms with Crippen LogP contribution in [0.5, 0.6) is 0 Å². The fourth-order valence-electron chi connectivity index (χ4n) is 5.40. The summed E-state index contributed by atoms with van der Waals surface area (Å²) in [5, 5.41) is 0. The minimum atomic E-state index is -2.00. The molecule has 2 aliphatic rings. The average molecular weight is 501 g/mol. The third kappa shape index (κ3) is 7.86. The van der Waals surface area contributed by atoms with E-state index in [0.29, 0.717) is 19.3 Å². The van der Waals surface area contributed by atoms with Gasteiger partial charge in [-0.1, -0.05) is 20.8 Å². The lowest BCUT2D eigenvalue weighted by atomic mass is 9.82. The van der Waals surface area contributed by atoms with Crippen molar-refractivity contribution in [3.8, 4) is 0 Å². The molecule has 0 aromatic carbocycles. The van der Waals surface area contributed by atoms with Crippen molar-refractivity contribution in [1.82, 2.24) is 0 Å². The van der Waals surface area contributed by atoms with Crippen LogP contribution in [0.2, 0.25) is 18.1 Å².